The summed E-state index contributed by atoms with van der Waals surface area (Å²) in [6, 6.07) is 21.2. The molecule has 1 saturated heterocycles. The van der Waals surface area contributed by atoms with Crippen molar-refractivity contribution >= 4 is 28.5 Å². The molecule has 4 heterocycles. The van der Waals surface area contributed by atoms with Crippen LogP contribution in [0.1, 0.15) is 11.3 Å². The first-order valence-electron chi connectivity index (χ1n) is 10.9. The third-order valence-corrected chi connectivity index (χ3v) is 6.29. The Bertz CT molecular complexity index is 1180. The lowest BCUT2D eigenvalue weighted by molar-refractivity contribution is 0.639. The molecule has 31 heavy (non-hydrogen) atoms. The van der Waals surface area contributed by atoms with Crippen LogP contribution in [-0.4, -0.2) is 52.9 Å². The lowest BCUT2D eigenvalue weighted by atomic mass is 10.1. The van der Waals surface area contributed by atoms with Gasteiger partial charge in [0.2, 0.25) is 5.95 Å². The molecular weight excluding hydrogens is 386 g/mol. The minimum Gasteiger partial charge on any atom is -0.368 e. The first-order chi connectivity index (χ1) is 15.3. The molecule has 0 saturated carbocycles. The lowest BCUT2D eigenvalue weighted by Crippen LogP contribution is -2.47. The average Bonchev–Trinajstić information content (AvgIpc) is 3.26. The number of hydrogen-bond donors (Lipinski definition) is 1. The van der Waals surface area contributed by atoms with Crippen LogP contribution >= 0.6 is 0 Å². The predicted molar refractivity (Wildman–Crippen MR) is 124 cm³/mol. The highest BCUT2D eigenvalue weighted by molar-refractivity contribution is 5.91. The number of hydrogen-bond acceptors (Lipinski definition) is 6. The van der Waals surface area contributed by atoms with Crippen molar-refractivity contribution in [3.05, 3.63) is 71.9 Å². The first-order valence-corrected chi connectivity index (χ1v) is 10.9. The summed E-state index contributed by atoms with van der Waals surface area (Å²) in [5.41, 5.74) is 4.49. The molecule has 0 aliphatic carbocycles. The summed E-state index contributed by atoms with van der Waals surface area (Å²) in [5.74, 6) is 1.79. The van der Waals surface area contributed by atoms with Crippen LogP contribution < -0.4 is 14.7 Å². The van der Waals surface area contributed by atoms with E-state index in [4.69, 9.17) is 9.97 Å². The van der Waals surface area contributed by atoms with Crippen LogP contribution in [0.4, 0.5) is 17.5 Å². The normalized spacial score (nSPS) is 16.2. The molecule has 0 amide bonds. The number of aromatic amines is 1. The Morgan fingerprint density at radius 2 is 1.48 bits per heavy atom. The Labute approximate surface area is 181 Å². The summed E-state index contributed by atoms with van der Waals surface area (Å²) in [6.45, 7) is 5.49. The smallest absolute Gasteiger partial charge is 0.229 e. The van der Waals surface area contributed by atoms with Gasteiger partial charge in [0, 0.05) is 51.4 Å². The first kappa shape index (κ1) is 18.2. The molecule has 0 unspecified atom stereocenters. The van der Waals surface area contributed by atoms with E-state index in [9.17, 15) is 0 Å². The van der Waals surface area contributed by atoms with E-state index in [0.29, 0.717) is 0 Å². The molecule has 6 rings (SSSR count). The van der Waals surface area contributed by atoms with Gasteiger partial charge in [-0.1, -0.05) is 48.5 Å². The van der Waals surface area contributed by atoms with E-state index in [1.54, 1.807) is 0 Å². The van der Waals surface area contributed by atoms with Crippen LogP contribution in [0.5, 0.6) is 0 Å². The number of anilines is 3. The van der Waals surface area contributed by atoms with Gasteiger partial charge in [0.25, 0.3) is 0 Å². The fourth-order valence-electron chi connectivity index (χ4n) is 4.62. The van der Waals surface area contributed by atoms with E-state index in [0.717, 1.165) is 74.2 Å². The molecule has 0 radical (unpaired) electrons. The van der Waals surface area contributed by atoms with Crippen molar-refractivity contribution in [1.29, 1.82) is 0 Å². The third-order valence-electron chi connectivity index (χ3n) is 6.29. The van der Waals surface area contributed by atoms with Gasteiger partial charge in [0.1, 0.15) is 5.82 Å². The molecule has 0 atom stereocenters. The summed E-state index contributed by atoms with van der Waals surface area (Å²) >= 11 is 0. The second-order valence-electron chi connectivity index (χ2n) is 8.21. The van der Waals surface area contributed by atoms with Crippen LogP contribution in [0.15, 0.2) is 60.7 Å². The minimum atomic E-state index is 0.776. The zero-order valence-electron chi connectivity index (χ0n) is 17.4. The van der Waals surface area contributed by atoms with E-state index in [1.165, 1.54) is 11.3 Å². The highest BCUT2D eigenvalue weighted by atomic mass is 15.4. The van der Waals surface area contributed by atoms with Crippen molar-refractivity contribution in [2.75, 3.05) is 47.4 Å². The fourth-order valence-corrected chi connectivity index (χ4v) is 4.62. The summed E-state index contributed by atoms with van der Waals surface area (Å²) in [7, 11) is 0. The molecule has 7 heteroatoms. The molecule has 2 aliphatic heterocycles. The molecule has 0 bridgehead atoms. The molecule has 156 valence electrons. The number of aromatic nitrogens is 4. The van der Waals surface area contributed by atoms with E-state index in [2.05, 4.69) is 85.6 Å². The summed E-state index contributed by atoms with van der Waals surface area (Å²) in [4.78, 5) is 17.0. The molecule has 0 spiro atoms. The standard InChI is InChI=1S/C24H25N7/c1-3-7-18(8-4-1)17-31-12-11-20-21-22(28-27-20)25-24(26-23(21)31)30-15-13-29(14-16-30)19-9-5-2-6-10-19/h1-10H,11-17H2,(H,25,26,27,28). The number of benzene rings is 2. The second-order valence-corrected chi connectivity index (χ2v) is 8.21. The zero-order valence-corrected chi connectivity index (χ0v) is 17.4. The highest BCUT2D eigenvalue weighted by Gasteiger charge is 2.27. The van der Waals surface area contributed by atoms with Crippen molar-refractivity contribution in [2.45, 2.75) is 13.0 Å². The van der Waals surface area contributed by atoms with Gasteiger partial charge < -0.3 is 14.7 Å². The lowest BCUT2D eigenvalue weighted by Gasteiger charge is -2.36. The van der Waals surface area contributed by atoms with Crippen molar-refractivity contribution < 1.29 is 0 Å². The average molecular weight is 412 g/mol. The van der Waals surface area contributed by atoms with Gasteiger partial charge in [-0.2, -0.15) is 15.1 Å². The van der Waals surface area contributed by atoms with Crippen molar-refractivity contribution in [2.24, 2.45) is 0 Å². The fraction of sp³-hybridized carbons (Fsp3) is 0.292. The molecule has 2 aromatic carbocycles. The van der Waals surface area contributed by atoms with Gasteiger partial charge >= 0.3 is 0 Å². The van der Waals surface area contributed by atoms with Crippen LogP contribution in [0.3, 0.4) is 0 Å². The van der Waals surface area contributed by atoms with E-state index < -0.39 is 0 Å². The quantitative estimate of drug-likeness (QED) is 0.556. The summed E-state index contributed by atoms with van der Waals surface area (Å²) < 4.78 is 0. The topological polar surface area (TPSA) is 64.2 Å². The van der Waals surface area contributed by atoms with Gasteiger partial charge in [-0.25, -0.2) is 0 Å². The number of piperazine rings is 1. The van der Waals surface area contributed by atoms with E-state index in [1.807, 2.05) is 0 Å². The van der Waals surface area contributed by atoms with Crippen molar-refractivity contribution in [1.82, 2.24) is 20.2 Å². The molecule has 1 N–H and O–H groups in total. The SMILES string of the molecule is c1ccc(CN2CCc3[nH]nc4nc(N5CCN(c6ccccc6)CC5)nc2c34)cc1. The van der Waals surface area contributed by atoms with Crippen LogP contribution in [0.25, 0.3) is 11.0 Å². The Balaban J connectivity index is 1.28. The highest BCUT2D eigenvalue weighted by Crippen LogP contribution is 2.33. The van der Waals surface area contributed by atoms with Gasteiger partial charge in [-0.3, -0.25) is 5.10 Å². The monoisotopic (exact) mass is 411 g/mol. The van der Waals surface area contributed by atoms with Gasteiger partial charge in [0.05, 0.1) is 11.1 Å². The van der Waals surface area contributed by atoms with E-state index >= 15 is 0 Å². The van der Waals surface area contributed by atoms with Crippen LogP contribution in [0.2, 0.25) is 0 Å². The summed E-state index contributed by atoms with van der Waals surface area (Å²) in [5, 5.41) is 8.78. The van der Waals surface area contributed by atoms with E-state index in [-0.39, 0.29) is 0 Å². The second kappa shape index (κ2) is 7.58. The van der Waals surface area contributed by atoms with Crippen molar-refractivity contribution in [3.63, 3.8) is 0 Å². The Morgan fingerprint density at radius 3 is 2.26 bits per heavy atom. The van der Waals surface area contributed by atoms with Gasteiger partial charge in [0.15, 0.2) is 5.65 Å². The van der Waals surface area contributed by atoms with Gasteiger partial charge in [-0.15, -0.1) is 0 Å². The maximum Gasteiger partial charge on any atom is 0.229 e. The maximum absolute atomic E-state index is 5.06. The number of H-pyrrole nitrogens is 1. The Hall–Kier alpha value is -3.61. The zero-order chi connectivity index (χ0) is 20.6. The van der Waals surface area contributed by atoms with Crippen LogP contribution in [-0.2, 0) is 13.0 Å². The van der Waals surface area contributed by atoms with Crippen molar-refractivity contribution in [3.8, 4) is 0 Å². The number of nitrogens with one attached hydrogen (secondary N) is 1. The number of para-hydroxylation sites is 1. The summed E-state index contributed by atoms with van der Waals surface area (Å²) in [6.07, 6.45) is 0.939. The molecular formula is C24H25N7. The molecule has 2 aliphatic rings. The minimum absolute atomic E-state index is 0.776. The molecule has 7 nitrogen and oxygen atoms in total. The third kappa shape index (κ3) is 3.36. The Morgan fingerprint density at radius 1 is 0.774 bits per heavy atom. The van der Waals surface area contributed by atoms with Crippen LogP contribution in [0, 0.1) is 0 Å². The predicted octanol–water partition coefficient (Wildman–Crippen LogP) is 3.24. The maximum atomic E-state index is 5.06. The molecule has 2 aromatic heterocycles. The Kier molecular flexibility index (Phi) is 4.44. The molecule has 4 aromatic rings. The van der Waals surface area contributed by atoms with Gasteiger partial charge in [-0.05, 0) is 17.7 Å². The largest absolute Gasteiger partial charge is 0.368 e. The molecule has 1 fully saturated rings. The number of nitrogens with zero attached hydrogens (tertiary/aromatic N) is 6. The number of rotatable bonds is 4.